The number of carbonyl (C=O) groups excluding carboxylic acids is 1. The minimum Gasteiger partial charge on any atom is -0.481 e. The summed E-state index contributed by atoms with van der Waals surface area (Å²) in [5.74, 6) is -0.730. The van der Waals surface area contributed by atoms with Crippen LogP contribution >= 0.6 is 0 Å². The summed E-state index contributed by atoms with van der Waals surface area (Å²) in [6.07, 6.45) is 6.60. The Bertz CT molecular complexity index is 291. The average molecular weight is 225 g/mol. The van der Waals surface area contributed by atoms with Gasteiger partial charge in [0.25, 0.3) is 0 Å². The van der Waals surface area contributed by atoms with Crippen molar-refractivity contribution in [2.45, 2.75) is 57.4 Å². The zero-order chi connectivity index (χ0) is 11.6. The van der Waals surface area contributed by atoms with Crippen molar-refractivity contribution >= 4 is 11.9 Å². The summed E-state index contributed by atoms with van der Waals surface area (Å²) in [4.78, 5) is 22.6. The first kappa shape index (κ1) is 11.4. The largest absolute Gasteiger partial charge is 0.481 e. The second-order valence-corrected chi connectivity index (χ2v) is 5.30. The van der Waals surface area contributed by atoms with Gasteiger partial charge in [0.1, 0.15) is 0 Å². The highest BCUT2D eigenvalue weighted by atomic mass is 16.4. The van der Waals surface area contributed by atoms with Crippen molar-refractivity contribution in [3.05, 3.63) is 0 Å². The number of carbonyl (C=O) groups is 2. The van der Waals surface area contributed by atoms with Crippen molar-refractivity contribution in [3.8, 4) is 0 Å². The van der Waals surface area contributed by atoms with Gasteiger partial charge < -0.3 is 10.4 Å². The molecule has 1 amide bonds. The molecule has 4 nitrogen and oxygen atoms in total. The molecular formula is C12H19NO3. The summed E-state index contributed by atoms with van der Waals surface area (Å²) in [5, 5.41) is 11.9. The van der Waals surface area contributed by atoms with Gasteiger partial charge in [-0.3, -0.25) is 9.59 Å². The van der Waals surface area contributed by atoms with Crippen LogP contribution in [0.2, 0.25) is 0 Å². The lowest BCUT2D eigenvalue weighted by Gasteiger charge is -2.26. The van der Waals surface area contributed by atoms with Gasteiger partial charge in [-0.2, -0.15) is 0 Å². The summed E-state index contributed by atoms with van der Waals surface area (Å²) in [5.41, 5.74) is -0.259. The predicted octanol–water partition coefficient (Wildman–Crippen LogP) is 1.69. The van der Waals surface area contributed by atoms with E-state index in [2.05, 4.69) is 5.32 Å². The Morgan fingerprint density at radius 2 is 1.81 bits per heavy atom. The molecule has 2 N–H and O–H groups in total. The molecule has 2 aliphatic rings. The molecular weight excluding hydrogens is 206 g/mol. The van der Waals surface area contributed by atoms with Crippen LogP contribution in [0, 0.1) is 5.41 Å². The third kappa shape index (κ3) is 2.97. The third-order valence-electron chi connectivity index (χ3n) is 3.67. The maximum absolute atomic E-state index is 11.7. The van der Waals surface area contributed by atoms with Gasteiger partial charge in [-0.25, -0.2) is 0 Å². The van der Waals surface area contributed by atoms with Gasteiger partial charge in [0.2, 0.25) is 5.91 Å². The SMILES string of the molecule is O=C(O)CC1(CC(=O)NC2CC2)CCCC1. The zero-order valence-corrected chi connectivity index (χ0v) is 9.50. The molecule has 0 radical (unpaired) electrons. The Balaban J connectivity index is 1.90. The highest BCUT2D eigenvalue weighted by molar-refractivity contribution is 5.78. The van der Waals surface area contributed by atoms with E-state index >= 15 is 0 Å². The molecule has 0 aromatic heterocycles. The van der Waals surface area contributed by atoms with Crippen molar-refractivity contribution in [1.29, 1.82) is 0 Å². The van der Waals surface area contributed by atoms with Crippen LogP contribution in [0.3, 0.4) is 0 Å². The summed E-state index contributed by atoms with van der Waals surface area (Å²) in [6.45, 7) is 0. The fraction of sp³-hybridized carbons (Fsp3) is 0.833. The molecule has 0 unspecified atom stereocenters. The second kappa shape index (κ2) is 4.44. The lowest BCUT2D eigenvalue weighted by molar-refractivity contribution is -0.140. The van der Waals surface area contributed by atoms with E-state index < -0.39 is 5.97 Å². The van der Waals surface area contributed by atoms with E-state index in [4.69, 9.17) is 5.11 Å². The van der Waals surface area contributed by atoms with Crippen LogP contribution in [0.25, 0.3) is 0 Å². The van der Waals surface area contributed by atoms with Gasteiger partial charge in [-0.1, -0.05) is 12.8 Å². The Morgan fingerprint density at radius 1 is 1.19 bits per heavy atom. The zero-order valence-electron chi connectivity index (χ0n) is 9.50. The number of rotatable bonds is 5. The van der Waals surface area contributed by atoms with Crippen LogP contribution < -0.4 is 5.32 Å². The van der Waals surface area contributed by atoms with E-state index in [1.807, 2.05) is 0 Å². The molecule has 4 heteroatoms. The fourth-order valence-corrected chi connectivity index (χ4v) is 2.71. The van der Waals surface area contributed by atoms with Gasteiger partial charge in [0, 0.05) is 12.5 Å². The molecule has 0 aromatic carbocycles. The molecule has 2 saturated carbocycles. The third-order valence-corrected chi connectivity index (χ3v) is 3.67. The van der Waals surface area contributed by atoms with Crippen LogP contribution in [0.15, 0.2) is 0 Å². The first-order valence-electron chi connectivity index (χ1n) is 6.11. The van der Waals surface area contributed by atoms with E-state index in [0.717, 1.165) is 38.5 Å². The van der Waals surface area contributed by atoms with Gasteiger partial charge >= 0.3 is 5.97 Å². The van der Waals surface area contributed by atoms with Gasteiger partial charge in [-0.15, -0.1) is 0 Å². The minimum atomic E-state index is -0.777. The van der Waals surface area contributed by atoms with Crippen molar-refractivity contribution in [2.75, 3.05) is 0 Å². The summed E-state index contributed by atoms with van der Waals surface area (Å²) >= 11 is 0. The number of carboxylic acid groups (broad SMARTS) is 1. The monoisotopic (exact) mass is 225 g/mol. The average Bonchev–Trinajstić information content (AvgIpc) is 2.85. The normalized spacial score (nSPS) is 23.0. The van der Waals surface area contributed by atoms with Crippen LogP contribution in [-0.4, -0.2) is 23.0 Å². The number of hydrogen-bond acceptors (Lipinski definition) is 2. The summed E-state index contributed by atoms with van der Waals surface area (Å²) in [6, 6.07) is 0.371. The summed E-state index contributed by atoms with van der Waals surface area (Å²) in [7, 11) is 0. The maximum atomic E-state index is 11.7. The molecule has 0 aliphatic heterocycles. The Morgan fingerprint density at radius 3 is 2.31 bits per heavy atom. The first-order chi connectivity index (χ1) is 7.60. The van der Waals surface area contributed by atoms with Crippen molar-refractivity contribution in [2.24, 2.45) is 5.41 Å². The molecule has 0 saturated heterocycles. The number of aliphatic carboxylic acids is 1. The van der Waals surface area contributed by atoms with E-state index in [0.29, 0.717) is 12.5 Å². The number of hydrogen-bond donors (Lipinski definition) is 2. The standard InChI is InChI=1S/C12H19NO3/c14-10(13-9-3-4-9)7-12(8-11(15)16)5-1-2-6-12/h9H,1-8H2,(H,13,14)(H,15,16). The number of carboxylic acids is 1. The van der Waals surface area contributed by atoms with Crippen LogP contribution in [-0.2, 0) is 9.59 Å². The molecule has 2 aliphatic carbocycles. The summed E-state index contributed by atoms with van der Waals surface area (Å²) < 4.78 is 0. The Labute approximate surface area is 95.4 Å². The predicted molar refractivity (Wildman–Crippen MR) is 58.9 cm³/mol. The second-order valence-electron chi connectivity index (χ2n) is 5.30. The number of amides is 1. The van der Waals surface area contributed by atoms with Crippen LogP contribution in [0.1, 0.15) is 51.4 Å². The Kier molecular flexibility index (Phi) is 3.17. The van der Waals surface area contributed by atoms with E-state index in [1.165, 1.54) is 0 Å². The molecule has 16 heavy (non-hydrogen) atoms. The molecule has 0 spiro atoms. The number of nitrogens with one attached hydrogen (secondary N) is 1. The van der Waals surface area contributed by atoms with E-state index in [9.17, 15) is 9.59 Å². The topological polar surface area (TPSA) is 66.4 Å². The minimum absolute atomic E-state index is 0.0469. The van der Waals surface area contributed by atoms with E-state index in [-0.39, 0.29) is 17.7 Å². The molecule has 0 heterocycles. The lowest BCUT2D eigenvalue weighted by atomic mass is 9.79. The molecule has 0 aromatic rings. The fourth-order valence-electron chi connectivity index (χ4n) is 2.71. The smallest absolute Gasteiger partial charge is 0.303 e. The van der Waals surface area contributed by atoms with Crippen LogP contribution in [0.4, 0.5) is 0 Å². The molecule has 2 rings (SSSR count). The van der Waals surface area contributed by atoms with E-state index in [1.54, 1.807) is 0 Å². The van der Waals surface area contributed by atoms with Crippen molar-refractivity contribution in [3.63, 3.8) is 0 Å². The molecule has 90 valence electrons. The molecule has 0 bridgehead atoms. The Hall–Kier alpha value is -1.06. The van der Waals surface area contributed by atoms with Gasteiger partial charge in [-0.05, 0) is 31.1 Å². The molecule has 0 atom stereocenters. The first-order valence-corrected chi connectivity index (χ1v) is 6.11. The van der Waals surface area contributed by atoms with Gasteiger partial charge in [0.05, 0.1) is 6.42 Å². The lowest BCUT2D eigenvalue weighted by Crippen LogP contribution is -2.33. The maximum Gasteiger partial charge on any atom is 0.303 e. The quantitative estimate of drug-likeness (QED) is 0.748. The highest BCUT2D eigenvalue weighted by Crippen LogP contribution is 2.44. The highest BCUT2D eigenvalue weighted by Gasteiger charge is 2.38. The molecule has 2 fully saturated rings. The van der Waals surface area contributed by atoms with Gasteiger partial charge in [0.15, 0.2) is 0 Å². The van der Waals surface area contributed by atoms with Crippen molar-refractivity contribution < 1.29 is 14.7 Å². The van der Waals surface area contributed by atoms with Crippen LogP contribution in [0.5, 0.6) is 0 Å². The van der Waals surface area contributed by atoms with Crippen molar-refractivity contribution in [1.82, 2.24) is 5.32 Å².